The summed E-state index contributed by atoms with van der Waals surface area (Å²) in [6.07, 6.45) is 5.13. The van der Waals surface area contributed by atoms with Crippen LogP contribution in [0.5, 0.6) is 0 Å². The molecule has 0 amide bonds. The minimum absolute atomic E-state index is 0.0992. The number of hydrogen-bond donors (Lipinski definition) is 2. The summed E-state index contributed by atoms with van der Waals surface area (Å²) in [5.74, 6) is 0.835. The number of methoxy groups -OCH3 is 1. The average Bonchev–Trinajstić information content (AvgIpc) is 2.94. The molecule has 0 spiro atoms. The highest BCUT2D eigenvalue weighted by Gasteiger charge is 2.18. The zero-order chi connectivity index (χ0) is 16.7. The molecule has 128 valence electrons. The summed E-state index contributed by atoms with van der Waals surface area (Å²) in [5, 5.41) is 18.3. The molecule has 23 heavy (non-hydrogen) atoms. The van der Waals surface area contributed by atoms with Gasteiger partial charge in [0.2, 0.25) is 0 Å². The molecule has 2 aromatic rings. The van der Waals surface area contributed by atoms with E-state index in [9.17, 15) is 5.11 Å². The molecule has 2 heterocycles. The van der Waals surface area contributed by atoms with Gasteiger partial charge < -0.3 is 15.2 Å². The van der Waals surface area contributed by atoms with Gasteiger partial charge in [-0.3, -0.25) is 0 Å². The molecule has 1 atom stereocenters. The standard InChI is InChI=1S/C17H28N4O2/c1-4-6-8-16(23-3)21-17-13(14(12-22)20-21)9-10-15(19-17)18-11-7-5-2/h9-10,16,22H,4-8,11-12H2,1-3H3,(H,18,19). The first-order valence-electron chi connectivity index (χ1n) is 8.50. The van der Waals surface area contributed by atoms with E-state index in [0.29, 0.717) is 5.69 Å². The van der Waals surface area contributed by atoms with Crippen LogP contribution in [0.4, 0.5) is 5.82 Å². The number of hydrogen-bond acceptors (Lipinski definition) is 5. The topological polar surface area (TPSA) is 72.2 Å². The van der Waals surface area contributed by atoms with Crippen LogP contribution >= 0.6 is 0 Å². The monoisotopic (exact) mass is 320 g/mol. The molecule has 0 fully saturated rings. The van der Waals surface area contributed by atoms with Gasteiger partial charge >= 0.3 is 0 Å². The highest BCUT2D eigenvalue weighted by Crippen LogP contribution is 2.25. The summed E-state index contributed by atoms with van der Waals surface area (Å²) >= 11 is 0. The van der Waals surface area contributed by atoms with E-state index in [1.165, 1.54) is 0 Å². The summed E-state index contributed by atoms with van der Waals surface area (Å²) < 4.78 is 7.41. The van der Waals surface area contributed by atoms with Crippen LogP contribution in [-0.4, -0.2) is 33.5 Å². The zero-order valence-electron chi connectivity index (χ0n) is 14.4. The number of fused-ring (bicyclic) bond motifs is 1. The predicted molar refractivity (Wildman–Crippen MR) is 92.4 cm³/mol. The molecule has 0 aliphatic rings. The highest BCUT2D eigenvalue weighted by atomic mass is 16.5. The van der Waals surface area contributed by atoms with Crippen molar-refractivity contribution in [1.29, 1.82) is 0 Å². The molecule has 0 saturated carbocycles. The number of anilines is 1. The van der Waals surface area contributed by atoms with Crippen LogP contribution in [-0.2, 0) is 11.3 Å². The van der Waals surface area contributed by atoms with Crippen molar-refractivity contribution in [2.24, 2.45) is 0 Å². The van der Waals surface area contributed by atoms with Gasteiger partial charge in [0.25, 0.3) is 0 Å². The van der Waals surface area contributed by atoms with Crippen LogP contribution in [0.3, 0.4) is 0 Å². The molecule has 6 nitrogen and oxygen atoms in total. The van der Waals surface area contributed by atoms with Crippen molar-refractivity contribution >= 4 is 16.9 Å². The van der Waals surface area contributed by atoms with Crippen LogP contribution in [0.15, 0.2) is 12.1 Å². The Balaban J connectivity index is 2.35. The van der Waals surface area contributed by atoms with Gasteiger partial charge in [-0.2, -0.15) is 5.10 Å². The third-order valence-corrected chi connectivity index (χ3v) is 3.97. The second kappa shape index (κ2) is 8.84. The van der Waals surface area contributed by atoms with Crippen LogP contribution in [0.1, 0.15) is 57.9 Å². The number of nitrogens with one attached hydrogen (secondary N) is 1. The molecule has 2 aromatic heterocycles. The van der Waals surface area contributed by atoms with E-state index in [1.54, 1.807) is 7.11 Å². The molecule has 6 heteroatoms. The van der Waals surface area contributed by atoms with E-state index >= 15 is 0 Å². The Morgan fingerprint density at radius 3 is 2.70 bits per heavy atom. The quantitative estimate of drug-likeness (QED) is 0.656. The van der Waals surface area contributed by atoms with Gasteiger partial charge in [-0.1, -0.05) is 26.7 Å². The van der Waals surface area contributed by atoms with Gasteiger partial charge in [-0.25, -0.2) is 9.67 Å². The molecule has 0 saturated heterocycles. The fourth-order valence-electron chi connectivity index (χ4n) is 2.61. The molecule has 2 rings (SSSR count). The van der Waals surface area contributed by atoms with Gasteiger partial charge in [-0.05, 0) is 31.4 Å². The number of aliphatic hydroxyl groups is 1. The van der Waals surface area contributed by atoms with Crippen molar-refractivity contribution in [1.82, 2.24) is 14.8 Å². The fraction of sp³-hybridized carbons (Fsp3) is 0.647. The molecule has 0 aliphatic heterocycles. The number of aromatic nitrogens is 3. The predicted octanol–water partition coefficient (Wildman–Crippen LogP) is 3.47. The summed E-state index contributed by atoms with van der Waals surface area (Å²) in [6.45, 7) is 5.12. The van der Waals surface area contributed by atoms with Crippen molar-refractivity contribution in [2.75, 3.05) is 19.0 Å². The second-order valence-electron chi connectivity index (χ2n) is 5.73. The van der Waals surface area contributed by atoms with E-state index in [0.717, 1.165) is 55.5 Å². The molecular weight excluding hydrogens is 292 g/mol. The number of unbranched alkanes of at least 4 members (excludes halogenated alkanes) is 2. The number of nitrogens with zero attached hydrogens (tertiary/aromatic N) is 3. The SMILES string of the molecule is CCCCNc1ccc2c(CO)nn(C(CCCC)OC)c2n1. The van der Waals surface area contributed by atoms with Crippen molar-refractivity contribution in [3.05, 3.63) is 17.8 Å². The largest absolute Gasteiger partial charge is 0.390 e. The van der Waals surface area contributed by atoms with Crippen LogP contribution in [0.2, 0.25) is 0 Å². The second-order valence-corrected chi connectivity index (χ2v) is 5.73. The highest BCUT2D eigenvalue weighted by molar-refractivity contribution is 5.80. The first-order valence-corrected chi connectivity index (χ1v) is 8.50. The molecule has 0 aromatic carbocycles. The Morgan fingerprint density at radius 2 is 2.04 bits per heavy atom. The van der Waals surface area contributed by atoms with E-state index in [-0.39, 0.29) is 12.8 Å². The smallest absolute Gasteiger partial charge is 0.163 e. The number of rotatable bonds is 10. The minimum Gasteiger partial charge on any atom is -0.390 e. The first kappa shape index (κ1) is 17.7. The lowest BCUT2D eigenvalue weighted by molar-refractivity contribution is 0.0277. The van der Waals surface area contributed by atoms with Gasteiger partial charge in [0, 0.05) is 19.0 Å². The lowest BCUT2D eigenvalue weighted by Crippen LogP contribution is -2.14. The summed E-state index contributed by atoms with van der Waals surface area (Å²) in [6, 6.07) is 3.91. The Bertz CT molecular complexity index is 612. The number of ether oxygens (including phenoxy) is 1. The molecule has 0 aliphatic carbocycles. The first-order chi connectivity index (χ1) is 11.2. The summed E-state index contributed by atoms with van der Waals surface area (Å²) in [4.78, 5) is 4.69. The summed E-state index contributed by atoms with van der Waals surface area (Å²) in [7, 11) is 1.69. The average molecular weight is 320 g/mol. The Labute approximate surface area is 137 Å². The van der Waals surface area contributed by atoms with E-state index in [4.69, 9.17) is 9.72 Å². The minimum atomic E-state index is -0.156. The maximum absolute atomic E-state index is 9.56. The van der Waals surface area contributed by atoms with E-state index in [1.807, 2.05) is 16.8 Å². The van der Waals surface area contributed by atoms with Gasteiger partial charge in [-0.15, -0.1) is 0 Å². The van der Waals surface area contributed by atoms with Crippen LogP contribution < -0.4 is 5.32 Å². The maximum Gasteiger partial charge on any atom is 0.163 e. The lowest BCUT2D eigenvalue weighted by atomic mass is 10.2. The van der Waals surface area contributed by atoms with E-state index < -0.39 is 0 Å². The maximum atomic E-state index is 9.56. The molecule has 2 N–H and O–H groups in total. The van der Waals surface area contributed by atoms with Crippen molar-refractivity contribution in [3.8, 4) is 0 Å². The van der Waals surface area contributed by atoms with Gasteiger partial charge in [0.15, 0.2) is 11.9 Å². The number of aliphatic hydroxyl groups excluding tert-OH is 1. The van der Waals surface area contributed by atoms with Crippen LogP contribution in [0, 0.1) is 0 Å². The Hall–Kier alpha value is -1.66. The molecule has 0 bridgehead atoms. The summed E-state index contributed by atoms with van der Waals surface area (Å²) in [5.41, 5.74) is 1.41. The lowest BCUT2D eigenvalue weighted by Gasteiger charge is -2.16. The molecular formula is C17H28N4O2. The van der Waals surface area contributed by atoms with Crippen molar-refractivity contribution < 1.29 is 9.84 Å². The van der Waals surface area contributed by atoms with Crippen LogP contribution in [0.25, 0.3) is 11.0 Å². The Morgan fingerprint density at radius 1 is 1.26 bits per heavy atom. The number of pyridine rings is 1. The van der Waals surface area contributed by atoms with Crippen molar-refractivity contribution in [3.63, 3.8) is 0 Å². The molecule has 1 unspecified atom stereocenters. The van der Waals surface area contributed by atoms with Gasteiger partial charge in [0.1, 0.15) is 5.82 Å². The molecule has 0 radical (unpaired) electrons. The zero-order valence-corrected chi connectivity index (χ0v) is 14.4. The van der Waals surface area contributed by atoms with Crippen molar-refractivity contribution in [2.45, 2.75) is 58.8 Å². The Kier molecular flexibility index (Phi) is 6.80. The van der Waals surface area contributed by atoms with Gasteiger partial charge in [0.05, 0.1) is 12.3 Å². The third kappa shape index (κ3) is 4.20. The fourth-order valence-corrected chi connectivity index (χ4v) is 2.61. The normalized spacial score (nSPS) is 12.7. The van der Waals surface area contributed by atoms with E-state index in [2.05, 4.69) is 24.3 Å². The third-order valence-electron chi connectivity index (χ3n) is 3.97.